The molecule has 0 amide bonds. The fraction of sp³-hybridized carbons (Fsp3) is 1.00. The van der Waals surface area contributed by atoms with Gasteiger partial charge < -0.3 is 0 Å². The van der Waals surface area contributed by atoms with Crippen LogP contribution in [-0.2, 0) is 0 Å². The van der Waals surface area contributed by atoms with Crippen LogP contribution in [0.5, 0.6) is 0 Å². The second-order valence-electron chi connectivity index (χ2n) is 3.51. The molecule has 0 aromatic heterocycles. The third-order valence-electron chi connectivity index (χ3n) is 2.08. The minimum absolute atomic E-state index is 1.19. The summed E-state index contributed by atoms with van der Waals surface area (Å²) in [4.78, 5) is 0. The molecule has 0 radical (unpaired) electrons. The van der Waals surface area contributed by atoms with Crippen LogP contribution in [0.2, 0.25) is 0 Å². The molecule has 80 valence electrons. The molecular weight excluding hydrogens is 178 g/mol. The van der Waals surface area contributed by atoms with E-state index < -0.39 is 0 Å². The van der Waals surface area contributed by atoms with Gasteiger partial charge in [0.05, 0.1) is 0 Å². The highest BCUT2D eigenvalue weighted by atomic mass is 32.2. The number of hydrogen-bond donors (Lipinski definition) is 1. The lowest BCUT2D eigenvalue weighted by molar-refractivity contribution is 0.630. The fourth-order valence-electron chi connectivity index (χ4n) is 1.16. The Morgan fingerprint density at radius 1 is 0.846 bits per heavy atom. The summed E-state index contributed by atoms with van der Waals surface area (Å²) in [6.45, 7) is 5.70. The van der Waals surface area contributed by atoms with Crippen molar-refractivity contribution < 1.29 is 0 Å². The Kier molecular flexibility index (Phi) is 12.6. The van der Waals surface area contributed by atoms with Crippen molar-refractivity contribution >= 4 is 11.9 Å². The van der Waals surface area contributed by atoms with Crippen molar-refractivity contribution in [3.05, 3.63) is 0 Å². The molecule has 0 saturated carbocycles. The number of nitrogens with one attached hydrogen (secondary N) is 1. The first-order valence-corrected chi connectivity index (χ1v) is 6.75. The Morgan fingerprint density at radius 3 is 2.23 bits per heavy atom. The van der Waals surface area contributed by atoms with Crippen LogP contribution in [0.3, 0.4) is 0 Å². The van der Waals surface area contributed by atoms with Gasteiger partial charge in [0.2, 0.25) is 0 Å². The molecule has 0 aromatic carbocycles. The maximum absolute atomic E-state index is 3.41. The van der Waals surface area contributed by atoms with Crippen LogP contribution >= 0.6 is 11.9 Å². The van der Waals surface area contributed by atoms with Gasteiger partial charge in [0.25, 0.3) is 0 Å². The third kappa shape index (κ3) is 12.3. The Labute approximate surface area is 88.2 Å². The highest BCUT2D eigenvalue weighted by Crippen LogP contribution is 2.03. The molecule has 0 spiro atoms. The van der Waals surface area contributed by atoms with E-state index in [-0.39, 0.29) is 0 Å². The standard InChI is InChI=1S/C11H25NS/c1-3-5-7-8-9-10-12-13-11-6-4-2/h12H,3-11H2,1-2H3. The van der Waals surface area contributed by atoms with E-state index in [1.165, 1.54) is 57.2 Å². The molecule has 1 N–H and O–H groups in total. The topological polar surface area (TPSA) is 12.0 Å². The minimum Gasteiger partial charge on any atom is -0.264 e. The molecular formula is C11H25NS. The third-order valence-corrected chi connectivity index (χ3v) is 2.99. The van der Waals surface area contributed by atoms with Crippen molar-refractivity contribution in [3.8, 4) is 0 Å². The molecule has 1 nitrogen and oxygen atoms in total. The van der Waals surface area contributed by atoms with E-state index >= 15 is 0 Å². The van der Waals surface area contributed by atoms with E-state index in [1.54, 1.807) is 0 Å². The maximum Gasteiger partial charge on any atom is 0.00785 e. The molecule has 0 atom stereocenters. The zero-order chi connectivity index (χ0) is 9.78. The van der Waals surface area contributed by atoms with E-state index in [0.717, 1.165) is 0 Å². The fourth-order valence-corrected chi connectivity index (χ4v) is 2.03. The zero-order valence-corrected chi connectivity index (χ0v) is 10.1. The molecule has 0 fully saturated rings. The Hall–Kier alpha value is 0.310. The predicted octanol–water partition coefficient (Wildman–Crippen LogP) is 3.99. The van der Waals surface area contributed by atoms with Crippen LogP contribution in [0.15, 0.2) is 0 Å². The van der Waals surface area contributed by atoms with Crippen LogP contribution in [0, 0.1) is 0 Å². The van der Waals surface area contributed by atoms with Crippen molar-refractivity contribution in [1.29, 1.82) is 0 Å². The average Bonchev–Trinajstić information content (AvgIpc) is 2.16. The van der Waals surface area contributed by atoms with Crippen LogP contribution in [0.1, 0.15) is 58.8 Å². The number of hydrogen-bond acceptors (Lipinski definition) is 2. The highest BCUT2D eigenvalue weighted by molar-refractivity contribution is 7.97. The van der Waals surface area contributed by atoms with Gasteiger partial charge in [-0.15, -0.1) is 0 Å². The first-order valence-electron chi connectivity index (χ1n) is 5.76. The highest BCUT2D eigenvalue weighted by Gasteiger charge is 1.89. The monoisotopic (exact) mass is 203 g/mol. The molecule has 0 aliphatic rings. The average molecular weight is 203 g/mol. The SMILES string of the molecule is CCCCCCCNSCCCC. The van der Waals surface area contributed by atoms with E-state index in [4.69, 9.17) is 0 Å². The smallest absolute Gasteiger partial charge is 0.00785 e. The molecule has 0 saturated heterocycles. The normalized spacial score (nSPS) is 10.6. The lowest BCUT2D eigenvalue weighted by atomic mass is 10.2. The van der Waals surface area contributed by atoms with Gasteiger partial charge in [0, 0.05) is 12.3 Å². The predicted molar refractivity (Wildman–Crippen MR) is 64.1 cm³/mol. The largest absolute Gasteiger partial charge is 0.264 e. The van der Waals surface area contributed by atoms with Crippen LogP contribution < -0.4 is 4.72 Å². The Balaban J connectivity index is 2.76. The maximum atomic E-state index is 3.41. The summed E-state index contributed by atoms with van der Waals surface area (Å²) in [6, 6.07) is 0. The van der Waals surface area contributed by atoms with Gasteiger partial charge in [-0.05, 0) is 12.8 Å². The summed E-state index contributed by atoms with van der Waals surface area (Å²) in [5, 5.41) is 0. The molecule has 2 heteroatoms. The molecule has 0 aromatic rings. The number of unbranched alkanes of at least 4 members (excludes halogenated alkanes) is 5. The molecule has 0 rings (SSSR count). The molecule has 0 aliphatic heterocycles. The minimum atomic E-state index is 1.19. The van der Waals surface area contributed by atoms with E-state index in [1.807, 2.05) is 11.9 Å². The van der Waals surface area contributed by atoms with Gasteiger partial charge in [-0.1, -0.05) is 57.9 Å². The Bertz CT molecular complexity index is 76.2. The molecule has 0 heterocycles. The second-order valence-corrected chi connectivity index (χ2v) is 4.50. The van der Waals surface area contributed by atoms with Crippen LogP contribution in [-0.4, -0.2) is 12.3 Å². The van der Waals surface area contributed by atoms with Crippen molar-refractivity contribution in [1.82, 2.24) is 4.72 Å². The van der Waals surface area contributed by atoms with Gasteiger partial charge in [-0.25, -0.2) is 0 Å². The summed E-state index contributed by atoms with van der Waals surface area (Å²) < 4.78 is 3.41. The van der Waals surface area contributed by atoms with E-state index in [2.05, 4.69) is 18.6 Å². The van der Waals surface area contributed by atoms with E-state index in [0.29, 0.717) is 0 Å². The molecule has 0 bridgehead atoms. The van der Waals surface area contributed by atoms with Crippen molar-refractivity contribution in [3.63, 3.8) is 0 Å². The first kappa shape index (κ1) is 13.3. The zero-order valence-electron chi connectivity index (χ0n) is 9.27. The summed E-state index contributed by atoms with van der Waals surface area (Å²) in [5.74, 6) is 1.27. The summed E-state index contributed by atoms with van der Waals surface area (Å²) in [6.07, 6.45) is 9.56. The second kappa shape index (κ2) is 12.3. The van der Waals surface area contributed by atoms with Crippen LogP contribution in [0.4, 0.5) is 0 Å². The quantitative estimate of drug-likeness (QED) is 0.425. The van der Waals surface area contributed by atoms with E-state index in [9.17, 15) is 0 Å². The number of rotatable bonds is 10. The molecule has 0 aliphatic carbocycles. The first-order chi connectivity index (χ1) is 6.41. The lowest BCUT2D eigenvalue weighted by Gasteiger charge is -2.02. The summed E-state index contributed by atoms with van der Waals surface area (Å²) in [5.41, 5.74) is 0. The van der Waals surface area contributed by atoms with Gasteiger partial charge in [0.15, 0.2) is 0 Å². The summed E-state index contributed by atoms with van der Waals surface area (Å²) >= 11 is 1.89. The van der Waals surface area contributed by atoms with Crippen molar-refractivity contribution in [2.45, 2.75) is 58.8 Å². The van der Waals surface area contributed by atoms with Gasteiger partial charge in [-0.3, -0.25) is 4.72 Å². The lowest BCUT2D eigenvalue weighted by Crippen LogP contribution is -2.06. The summed E-state index contributed by atoms with van der Waals surface area (Å²) in [7, 11) is 0. The van der Waals surface area contributed by atoms with Crippen molar-refractivity contribution in [2.75, 3.05) is 12.3 Å². The Morgan fingerprint density at radius 2 is 1.54 bits per heavy atom. The van der Waals surface area contributed by atoms with Crippen molar-refractivity contribution in [2.24, 2.45) is 0 Å². The van der Waals surface area contributed by atoms with Gasteiger partial charge in [0.1, 0.15) is 0 Å². The van der Waals surface area contributed by atoms with Crippen LogP contribution in [0.25, 0.3) is 0 Å². The molecule has 13 heavy (non-hydrogen) atoms. The van der Waals surface area contributed by atoms with Gasteiger partial charge in [-0.2, -0.15) is 0 Å². The van der Waals surface area contributed by atoms with Gasteiger partial charge >= 0.3 is 0 Å². The molecule has 0 unspecified atom stereocenters.